The second-order valence-electron chi connectivity index (χ2n) is 4.00. The van der Waals surface area contributed by atoms with Crippen LogP contribution in [0.4, 0.5) is 0 Å². The van der Waals surface area contributed by atoms with E-state index in [0.717, 1.165) is 38.4 Å². The molecule has 0 bridgehead atoms. The molecule has 0 spiro atoms. The van der Waals surface area contributed by atoms with Crippen LogP contribution in [0, 0.1) is 11.8 Å². The van der Waals surface area contributed by atoms with E-state index in [4.69, 9.17) is 4.74 Å². The minimum absolute atomic E-state index is 0.333. The zero-order valence-electron chi connectivity index (χ0n) is 7.42. The molecule has 2 aliphatic rings. The molecule has 0 radical (unpaired) electrons. The second kappa shape index (κ2) is 3.56. The molecule has 0 aromatic heterocycles. The van der Waals surface area contributed by atoms with E-state index in [1.54, 1.807) is 0 Å². The van der Waals surface area contributed by atoms with Crippen molar-refractivity contribution in [1.82, 2.24) is 0 Å². The van der Waals surface area contributed by atoms with Gasteiger partial charge >= 0.3 is 0 Å². The molecule has 0 N–H and O–H groups in total. The molecule has 2 heteroatoms. The molecular formula is C10H16O2. The number of carbonyl (C=O) groups is 1. The van der Waals surface area contributed by atoms with Crippen LogP contribution in [-0.2, 0) is 9.53 Å². The summed E-state index contributed by atoms with van der Waals surface area (Å²) < 4.78 is 5.22. The third-order valence-electron chi connectivity index (χ3n) is 2.86. The molecule has 1 aliphatic heterocycles. The lowest BCUT2D eigenvalue weighted by atomic mass is 9.92. The largest absolute Gasteiger partial charge is 0.381 e. The molecule has 0 atom stereocenters. The van der Waals surface area contributed by atoms with E-state index in [0.29, 0.717) is 11.7 Å². The van der Waals surface area contributed by atoms with Gasteiger partial charge in [0.25, 0.3) is 0 Å². The Morgan fingerprint density at radius 2 is 1.83 bits per heavy atom. The Hall–Kier alpha value is -0.370. The number of ether oxygens (including phenoxy) is 1. The maximum absolute atomic E-state index is 11.6. The van der Waals surface area contributed by atoms with Gasteiger partial charge in [0, 0.05) is 25.6 Å². The lowest BCUT2D eigenvalue weighted by Crippen LogP contribution is -2.23. The molecular weight excluding hydrogens is 152 g/mol. The molecule has 0 aromatic carbocycles. The summed E-state index contributed by atoms with van der Waals surface area (Å²) in [7, 11) is 0. The summed E-state index contributed by atoms with van der Waals surface area (Å²) in [5, 5.41) is 0. The SMILES string of the molecule is O=C(CC1CC1)C1CCOCC1. The molecule has 1 saturated carbocycles. The summed E-state index contributed by atoms with van der Waals surface area (Å²) in [6.45, 7) is 1.59. The summed E-state index contributed by atoms with van der Waals surface area (Å²) in [6.07, 6.45) is 5.35. The van der Waals surface area contributed by atoms with E-state index < -0.39 is 0 Å². The lowest BCUT2D eigenvalue weighted by molar-refractivity contribution is -0.126. The van der Waals surface area contributed by atoms with Gasteiger partial charge in [-0.3, -0.25) is 4.79 Å². The maximum atomic E-state index is 11.6. The van der Waals surface area contributed by atoms with Crippen molar-refractivity contribution in [2.45, 2.75) is 32.1 Å². The predicted molar refractivity (Wildman–Crippen MR) is 45.9 cm³/mol. The van der Waals surface area contributed by atoms with Gasteiger partial charge in [-0.05, 0) is 31.6 Å². The quantitative estimate of drug-likeness (QED) is 0.642. The molecule has 2 nitrogen and oxygen atoms in total. The van der Waals surface area contributed by atoms with Crippen LogP contribution in [0.25, 0.3) is 0 Å². The summed E-state index contributed by atoms with van der Waals surface area (Å²) in [5.74, 6) is 1.58. The molecule has 0 unspecified atom stereocenters. The Morgan fingerprint density at radius 3 is 2.42 bits per heavy atom. The standard InChI is InChI=1S/C10H16O2/c11-10(7-8-1-2-8)9-3-5-12-6-4-9/h8-9H,1-7H2. The average molecular weight is 168 g/mol. The van der Waals surface area contributed by atoms with Gasteiger partial charge in [0.05, 0.1) is 0 Å². The molecule has 0 aromatic rings. The van der Waals surface area contributed by atoms with Crippen molar-refractivity contribution in [1.29, 1.82) is 0 Å². The number of ketones is 1. The van der Waals surface area contributed by atoms with E-state index in [9.17, 15) is 4.79 Å². The van der Waals surface area contributed by atoms with Crippen LogP contribution >= 0.6 is 0 Å². The van der Waals surface area contributed by atoms with Crippen LogP contribution < -0.4 is 0 Å². The fraction of sp³-hybridized carbons (Fsp3) is 0.900. The first-order chi connectivity index (χ1) is 5.86. The highest BCUT2D eigenvalue weighted by Gasteiger charge is 2.29. The number of carbonyl (C=O) groups excluding carboxylic acids is 1. The third kappa shape index (κ3) is 2.07. The Balaban J connectivity index is 1.76. The highest BCUT2D eigenvalue weighted by Crippen LogP contribution is 2.34. The number of Topliss-reactive ketones (excluding diaryl/α,β-unsaturated/α-hetero) is 1. The van der Waals surface area contributed by atoms with Gasteiger partial charge in [-0.25, -0.2) is 0 Å². The van der Waals surface area contributed by atoms with E-state index in [2.05, 4.69) is 0 Å². The van der Waals surface area contributed by atoms with Gasteiger partial charge in [0.1, 0.15) is 5.78 Å². The van der Waals surface area contributed by atoms with Crippen molar-refractivity contribution in [2.24, 2.45) is 11.8 Å². The first-order valence-electron chi connectivity index (χ1n) is 4.96. The van der Waals surface area contributed by atoms with Gasteiger partial charge in [-0.15, -0.1) is 0 Å². The molecule has 1 heterocycles. The van der Waals surface area contributed by atoms with Gasteiger partial charge in [0.2, 0.25) is 0 Å². The van der Waals surface area contributed by atoms with E-state index in [1.807, 2.05) is 0 Å². The Kier molecular flexibility index (Phi) is 2.45. The Labute approximate surface area is 73.3 Å². The van der Waals surface area contributed by atoms with Crippen LogP contribution in [-0.4, -0.2) is 19.0 Å². The molecule has 1 aliphatic carbocycles. The van der Waals surface area contributed by atoms with E-state index in [-0.39, 0.29) is 0 Å². The molecule has 1 saturated heterocycles. The molecule has 12 heavy (non-hydrogen) atoms. The van der Waals surface area contributed by atoms with Gasteiger partial charge < -0.3 is 4.74 Å². The maximum Gasteiger partial charge on any atom is 0.136 e. The normalized spacial score (nSPS) is 25.7. The third-order valence-corrected chi connectivity index (χ3v) is 2.86. The average Bonchev–Trinajstić information content (AvgIpc) is 2.90. The van der Waals surface area contributed by atoms with Crippen molar-refractivity contribution >= 4 is 5.78 Å². The summed E-state index contributed by atoms with van der Waals surface area (Å²) in [4.78, 5) is 11.6. The fourth-order valence-electron chi connectivity index (χ4n) is 1.79. The topological polar surface area (TPSA) is 26.3 Å². The lowest BCUT2D eigenvalue weighted by Gasteiger charge is -2.20. The van der Waals surface area contributed by atoms with Crippen LogP contribution in [0.3, 0.4) is 0 Å². The number of hydrogen-bond donors (Lipinski definition) is 0. The Morgan fingerprint density at radius 1 is 1.17 bits per heavy atom. The van der Waals surface area contributed by atoms with Crippen molar-refractivity contribution < 1.29 is 9.53 Å². The smallest absolute Gasteiger partial charge is 0.136 e. The first-order valence-corrected chi connectivity index (χ1v) is 4.96. The predicted octanol–water partition coefficient (Wildman–Crippen LogP) is 1.78. The van der Waals surface area contributed by atoms with Crippen LogP contribution in [0.15, 0.2) is 0 Å². The van der Waals surface area contributed by atoms with Crippen LogP contribution in [0.2, 0.25) is 0 Å². The first kappa shape index (κ1) is 8.24. The monoisotopic (exact) mass is 168 g/mol. The minimum Gasteiger partial charge on any atom is -0.381 e. The molecule has 2 rings (SSSR count). The zero-order valence-corrected chi connectivity index (χ0v) is 7.42. The van der Waals surface area contributed by atoms with Gasteiger partial charge in [-0.1, -0.05) is 0 Å². The van der Waals surface area contributed by atoms with Crippen molar-refractivity contribution in [3.05, 3.63) is 0 Å². The second-order valence-corrected chi connectivity index (χ2v) is 4.00. The van der Waals surface area contributed by atoms with Crippen molar-refractivity contribution in [2.75, 3.05) is 13.2 Å². The highest BCUT2D eigenvalue weighted by atomic mass is 16.5. The van der Waals surface area contributed by atoms with Gasteiger partial charge in [-0.2, -0.15) is 0 Å². The Bertz CT molecular complexity index is 167. The molecule has 0 amide bonds. The van der Waals surface area contributed by atoms with E-state index >= 15 is 0 Å². The summed E-state index contributed by atoms with van der Waals surface area (Å²) in [6, 6.07) is 0. The van der Waals surface area contributed by atoms with Crippen LogP contribution in [0.5, 0.6) is 0 Å². The summed E-state index contributed by atoms with van der Waals surface area (Å²) in [5.41, 5.74) is 0. The minimum atomic E-state index is 0.333. The van der Waals surface area contributed by atoms with Crippen molar-refractivity contribution in [3.8, 4) is 0 Å². The van der Waals surface area contributed by atoms with Crippen molar-refractivity contribution in [3.63, 3.8) is 0 Å². The highest BCUT2D eigenvalue weighted by molar-refractivity contribution is 5.81. The number of rotatable bonds is 3. The fourth-order valence-corrected chi connectivity index (χ4v) is 1.79. The van der Waals surface area contributed by atoms with Gasteiger partial charge in [0.15, 0.2) is 0 Å². The summed E-state index contributed by atoms with van der Waals surface area (Å²) >= 11 is 0. The van der Waals surface area contributed by atoms with E-state index in [1.165, 1.54) is 12.8 Å². The molecule has 2 fully saturated rings. The zero-order chi connectivity index (χ0) is 8.39. The van der Waals surface area contributed by atoms with Crippen LogP contribution in [0.1, 0.15) is 32.1 Å². The number of hydrogen-bond acceptors (Lipinski definition) is 2. The molecule has 68 valence electrons.